The van der Waals surface area contributed by atoms with Crippen LogP contribution in [0.3, 0.4) is 0 Å². The Labute approximate surface area is 99.5 Å². The molecule has 6 nitrogen and oxygen atoms in total. The number of rotatable bonds is 5. The van der Waals surface area contributed by atoms with Crippen molar-refractivity contribution in [3.05, 3.63) is 29.6 Å². The molecule has 1 atom stereocenters. The molecule has 1 rings (SSSR count). The number of aliphatic hydroxyl groups is 2. The van der Waals surface area contributed by atoms with E-state index in [1.165, 1.54) is 13.1 Å². The van der Waals surface area contributed by atoms with Crippen LogP contribution in [-0.2, 0) is 6.54 Å². The van der Waals surface area contributed by atoms with E-state index in [2.05, 4.69) is 10.3 Å². The predicted octanol–water partition coefficient (Wildman–Crippen LogP) is -0.987. The summed E-state index contributed by atoms with van der Waals surface area (Å²) in [5.41, 5.74) is 5.14. The van der Waals surface area contributed by atoms with Crippen LogP contribution in [0.2, 0.25) is 0 Å². The van der Waals surface area contributed by atoms with Crippen LogP contribution in [0, 0.1) is 0 Å². The van der Waals surface area contributed by atoms with E-state index in [1.807, 2.05) is 0 Å². The van der Waals surface area contributed by atoms with Gasteiger partial charge in [-0.05, 0) is 19.1 Å². The smallest absolute Gasteiger partial charge is 0.251 e. The summed E-state index contributed by atoms with van der Waals surface area (Å²) in [6, 6.07) is 3.14. The molecule has 1 heterocycles. The van der Waals surface area contributed by atoms with Crippen LogP contribution >= 0.6 is 0 Å². The fourth-order valence-corrected chi connectivity index (χ4v) is 1.16. The molecule has 17 heavy (non-hydrogen) atoms. The molecule has 0 spiro atoms. The van der Waals surface area contributed by atoms with Crippen molar-refractivity contribution in [2.45, 2.75) is 19.1 Å². The number of aromatic nitrogens is 1. The summed E-state index contributed by atoms with van der Waals surface area (Å²) in [5, 5.41) is 20.9. The maximum absolute atomic E-state index is 11.7. The molecule has 0 fully saturated rings. The molecule has 1 amide bonds. The minimum atomic E-state index is -1.32. The Bertz CT molecular complexity index is 393. The van der Waals surface area contributed by atoms with Crippen LogP contribution in [0.15, 0.2) is 18.3 Å². The molecular weight excluding hydrogens is 222 g/mol. The second-order valence-electron chi connectivity index (χ2n) is 4.08. The predicted molar refractivity (Wildman–Crippen MR) is 62.2 cm³/mol. The van der Waals surface area contributed by atoms with E-state index in [0.717, 1.165) is 0 Å². The van der Waals surface area contributed by atoms with Crippen molar-refractivity contribution in [1.82, 2.24) is 10.3 Å². The minimum absolute atomic E-state index is 0.0252. The molecule has 1 unspecified atom stereocenters. The first-order valence-corrected chi connectivity index (χ1v) is 5.25. The number of nitrogens with one attached hydrogen (secondary N) is 1. The van der Waals surface area contributed by atoms with Gasteiger partial charge in [-0.3, -0.25) is 9.78 Å². The molecule has 0 radical (unpaired) electrons. The highest BCUT2D eigenvalue weighted by Gasteiger charge is 2.20. The fourth-order valence-electron chi connectivity index (χ4n) is 1.16. The number of carbonyl (C=O) groups is 1. The number of hydrogen-bond acceptors (Lipinski definition) is 5. The molecule has 0 bridgehead atoms. The van der Waals surface area contributed by atoms with E-state index in [1.54, 1.807) is 12.1 Å². The topological polar surface area (TPSA) is 108 Å². The van der Waals surface area contributed by atoms with Gasteiger partial charge in [-0.25, -0.2) is 0 Å². The summed E-state index contributed by atoms with van der Waals surface area (Å²) >= 11 is 0. The summed E-state index contributed by atoms with van der Waals surface area (Å²) in [4.78, 5) is 15.7. The molecular formula is C11H17N3O3. The summed E-state index contributed by atoms with van der Waals surface area (Å²) in [7, 11) is 0. The zero-order valence-corrected chi connectivity index (χ0v) is 9.68. The van der Waals surface area contributed by atoms with Gasteiger partial charge in [0.2, 0.25) is 0 Å². The molecule has 6 heteroatoms. The van der Waals surface area contributed by atoms with E-state index in [0.29, 0.717) is 11.3 Å². The van der Waals surface area contributed by atoms with Gasteiger partial charge in [0.05, 0.1) is 12.3 Å². The molecule has 0 aliphatic carbocycles. The van der Waals surface area contributed by atoms with Gasteiger partial charge in [0.25, 0.3) is 5.91 Å². The van der Waals surface area contributed by atoms with Gasteiger partial charge < -0.3 is 21.3 Å². The van der Waals surface area contributed by atoms with E-state index >= 15 is 0 Å². The third-order valence-electron chi connectivity index (χ3n) is 2.26. The molecule has 1 aromatic heterocycles. The van der Waals surface area contributed by atoms with Crippen LogP contribution in [0.4, 0.5) is 0 Å². The maximum atomic E-state index is 11.7. The van der Waals surface area contributed by atoms with E-state index < -0.39 is 12.2 Å². The van der Waals surface area contributed by atoms with Gasteiger partial charge in [-0.1, -0.05) is 0 Å². The van der Waals surface area contributed by atoms with Crippen molar-refractivity contribution in [2.24, 2.45) is 5.73 Å². The molecule has 0 aliphatic rings. The van der Waals surface area contributed by atoms with Crippen LogP contribution < -0.4 is 11.1 Å². The highest BCUT2D eigenvalue weighted by atomic mass is 16.3. The Morgan fingerprint density at radius 3 is 2.94 bits per heavy atom. The zero-order chi connectivity index (χ0) is 12.9. The third-order valence-corrected chi connectivity index (χ3v) is 2.26. The van der Waals surface area contributed by atoms with Gasteiger partial charge in [-0.2, -0.15) is 0 Å². The summed E-state index contributed by atoms with van der Waals surface area (Å²) in [6.45, 7) is 1.25. The molecule has 0 saturated heterocycles. The van der Waals surface area contributed by atoms with E-state index in [4.69, 9.17) is 10.8 Å². The Balaban J connectivity index is 2.64. The standard InChI is InChI=1S/C11H17N3O3/c1-11(17,7-15)6-14-10(16)8-2-3-13-9(4-8)5-12/h2-4,15,17H,5-7,12H2,1H3,(H,14,16). The maximum Gasteiger partial charge on any atom is 0.251 e. The normalized spacial score (nSPS) is 14.1. The lowest BCUT2D eigenvalue weighted by Gasteiger charge is -2.20. The van der Waals surface area contributed by atoms with E-state index in [9.17, 15) is 9.90 Å². The van der Waals surface area contributed by atoms with Crippen LogP contribution in [0.1, 0.15) is 23.0 Å². The molecule has 0 aliphatic heterocycles. The molecule has 94 valence electrons. The molecule has 0 saturated carbocycles. The van der Waals surface area contributed by atoms with Crippen molar-refractivity contribution in [1.29, 1.82) is 0 Å². The number of carbonyl (C=O) groups excluding carboxylic acids is 1. The lowest BCUT2D eigenvalue weighted by atomic mass is 10.1. The number of nitrogens with zero attached hydrogens (tertiary/aromatic N) is 1. The summed E-state index contributed by atoms with van der Waals surface area (Å²) in [6.07, 6.45) is 1.50. The molecule has 0 aromatic carbocycles. The molecule has 5 N–H and O–H groups in total. The number of hydrogen-bond donors (Lipinski definition) is 4. The van der Waals surface area contributed by atoms with Crippen molar-refractivity contribution in [2.75, 3.05) is 13.2 Å². The summed E-state index contributed by atoms with van der Waals surface area (Å²) < 4.78 is 0. The van der Waals surface area contributed by atoms with Gasteiger partial charge in [0.15, 0.2) is 0 Å². The SMILES string of the molecule is CC(O)(CO)CNC(=O)c1ccnc(CN)c1. The van der Waals surface area contributed by atoms with E-state index in [-0.39, 0.29) is 19.0 Å². The largest absolute Gasteiger partial charge is 0.393 e. The quantitative estimate of drug-likeness (QED) is 0.528. The lowest BCUT2D eigenvalue weighted by molar-refractivity contribution is 0.00320. The number of aliphatic hydroxyl groups excluding tert-OH is 1. The molecule has 1 aromatic rings. The van der Waals surface area contributed by atoms with Gasteiger partial charge >= 0.3 is 0 Å². The monoisotopic (exact) mass is 239 g/mol. The first-order chi connectivity index (χ1) is 7.98. The Kier molecular flexibility index (Phi) is 4.56. The third kappa shape index (κ3) is 4.10. The van der Waals surface area contributed by atoms with Gasteiger partial charge in [0.1, 0.15) is 5.60 Å². The minimum Gasteiger partial charge on any atom is -0.393 e. The average Bonchev–Trinajstić information content (AvgIpc) is 2.36. The zero-order valence-electron chi connectivity index (χ0n) is 9.68. The summed E-state index contributed by atoms with van der Waals surface area (Å²) in [5.74, 6) is -0.337. The van der Waals surface area contributed by atoms with Crippen molar-refractivity contribution >= 4 is 5.91 Å². The lowest BCUT2D eigenvalue weighted by Crippen LogP contribution is -2.43. The van der Waals surface area contributed by atoms with Crippen molar-refractivity contribution in [3.8, 4) is 0 Å². The first kappa shape index (κ1) is 13.6. The number of nitrogens with two attached hydrogens (primary N) is 1. The van der Waals surface area contributed by atoms with Gasteiger partial charge in [-0.15, -0.1) is 0 Å². The second kappa shape index (κ2) is 5.72. The van der Waals surface area contributed by atoms with Crippen LogP contribution in [0.25, 0.3) is 0 Å². The second-order valence-corrected chi connectivity index (χ2v) is 4.08. The Morgan fingerprint density at radius 2 is 2.35 bits per heavy atom. The Morgan fingerprint density at radius 1 is 1.65 bits per heavy atom. The Hall–Kier alpha value is -1.50. The van der Waals surface area contributed by atoms with Crippen molar-refractivity contribution in [3.63, 3.8) is 0 Å². The fraction of sp³-hybridized carbons (Fsp3) is 0.455. The number of amides is 1. The first-order valence-electron chi connectivity index (χ1n) is 5.25. The van der Waals surface area contributed by atoms with Crippen LogP contribution in [0.5, 0.6) is 0 Å². The highest BCUT2D eigenvalue weighted by Crippen LogP contribution is 2.03. The average molecular weight is 239 g/mol. The number of pyridine rings is 1. The van der Waals surface area contributed by atoms with Gasteiger partial charge in [0, 0.05) is 24.8 Å². The highest BCUT2D eigenvalue weighted by molar-refractivity contribution is 5.94. The van der Waals surface area contributed by atoms with Crippen molar-refractivity contribution < 1.29 is 15.0 Å². The van der Waals surface area contributed by atoms with Crippen LogP contribution in [-0.4, -0.2) is 39.9 Å².